The molecule has 1 aliphatic heterocycles. The van der Waals surface area contributed by atoms with Crippen LogP contribution in [0.1, 0.15) is 69.4 Å². The first-order valence-corrected chi connectivity index (χ1v) is 13.0. The van der Waals surface area contributed by atoms with Gasteiger partial charge in [0.15, 0.2) is 18.1 Å². The summed E-state index contributed by atoms with van der Waals surface area (Å²) in [6, 6.07) is 17.5. The van der Waals surface area contributed by atoms with Gasteiger partial charge >= 0.3 is 5.97 Å². The van der Waals surface area contributed by atoms with E-state index in [9.17, 15) is 14.7 Å². The van der Waals surface area contributed by atoms with Crippen molar-refractivity contribution in [2.45, 2.75) is 70.1 Å². The lowest BCUT2D eigenvalue weighted by Crippen LogP contribution is -2.38. The fraction of sp³-hybridized carbons (Fsp3) is 0.400. The molecule has 2 aliphatic rings. The lowest BCUT2D eigenvalue weighted by molar-refractivity contribution is -0.137. The van der Waals surface area contributed by atoms with Crippen molar-refractivity contribution in [3.05, 3.63) is 65.7 Å². The molecule has 0 saturated heterocycles. The summed E-state index contributed by atoms with van der Waals surface area (Å²) >= 11 is 0. The number of carbonyl (C=O) groups excluding carboxylic acids is 1. The van der Waals surface area contributed by atoms with E-state index in [0.29, 0.717) is 17.2 Å². The number of carboxylic acids is 1. The summed E-state index contributed by atoms with van der Waals surface area (Å²) < 4.78 is 17.5. The molecular weight excluding hydrogens is 470 g/mol. The molecule has 1 unspecified atom stereocenters. The number of hydrogen-bond donors (Lipinski definition) is 2. The fourth-order valence-corrected chi connectivity index (χ4v) is 5.27. The van der Waals surface area contributed by atoms with Crippen LogP contribution in [0.25, 0.3) is 10.8 Å². The molecule has 7 nitrogen and oxygen atoms in total. The molecule has 2 N–H and O–H groups in total. The smallest absolute Gasteiger partial charge is 0.304 e. The van der Waals surface area contributed by atoms with Gasteiger partial charge in [-0.1, -0.05) is 49.6 Å². The van der Waals surface area contributed by atoms with Gasteiger partial charge in [0.25, 0.3) is 5.91 Å². The van der Waals surface area contributed by atoms with Gasteiger partial charge in [0.05, 0.1) is 6.42 Å². The Balaban J connectivity index is 1.35. The van der Waals surface area contributed by atoms with E-state index in [0.717, 1.165) is 47.6 Å². The Bertz CT molecular complexity index is 1310. The number of ether oxygens (including phenoxy) is 3. The molecule has 0 bridgehead atoms. The molecule has 1 fully saturated rings. The van der Waals surface area contributed by atoms with Gasteiger partial charge in [0.2, 0.25) is 5.79 Å². The first-order chi connectivity index (χ1) is 17.8. The topological polar surface area (TPSA) is 94.1 Å². The van der Waals surface area contributed by atoms with Crippen molar-refractivity contribution < 1.29 is 28.9 Å². The summed E-state index contributed by atoms with van der Waals surface area (Å²) in [4.78, 5) is 24.2. The summed E-state index contributed by atoms with van der Waals surface area (Å²) in [6.07, 6.45) is 5.55. The third-order valence-corrected chi connectivity index (χ3v) is 7.04. The average molecular weight is 504 g/mol. The van der Waals surface area contributed by atoms with Gasteiger partial charge in [0.1, 0.15) is 5.75 Å². The Kier molecular flexibility index (Phi) is 6.96. The molecule has 3 aromatic carbocycles. The molecule has 5 rings (SSSR count). The molecular formula is C30H33NO6. The molecule has 1 atom stereocenters. The van der Waals surface area contributed by atoms with Crippen LogP contribution in [-0.4, -0.2) is 35.4 Å². The van der Waals surface area contributed by atoms with Crippen molar-refractivity contribution in [2.75, 3.05) is 6.61 Å². The fourth-order valence-electron chi connectivity index (χ4n) is 5.27. The van der Waals surface area contributed by atoms with E-state index in [-0.39, 0.29) is 30.9 Å². The van der Waals surface area contributed by atoms with Crippen LogP contribution in [0.2, 0.25) is 0 Å². The molecule has 7 heteroatoms. The predicted molar refractivity (Wildman–Crippen MR) is 140 cm³/mol. The number of amides is 1. The van der Waals surface area contributed by atoms with Crippen molar-refractivity contribution in [3.63, 3.8) is 0 Å². The van der Waals surface area contributed by atoms with Crippen LogP contribution >= 0.6 is 0 Å². The van der Waals surface area contributed by atoms with Crippen LogP contribution in [-0.2, 0) is 9.59 Å². The zero-order chi connectivity index (χ0) is 26.0. The highest BCUT2D eigenvalue weighted by molar-refractivity contribution is 5.85. The number of benzene rings is 3. The maximum absolute atomic E-state index is 12.4. The number of nitrogens with one attached hydrogen (secondary N) is 1. The molecule has 0 aromatic heterocycles. The highest BCUT2D eigenvalue weighted by atomic mass is 16.7. The van der Waals surface area contributed by atoms with Gasteiger partial charge in [-0.3, -0.25) is 9.59 Å². The minimum atomic E-state index is -0.885. The van der Waals surface area contributed by atoms with Gasteiger partial charge in [-0.25, -0.2) is 0 Å². The minimum absolute atomic E-state index is 0.0309. The van der Waals surface area contributed by atoms with Crippen LogP contribution < -0.4 is 19.5 Å². The minimum Gasteiger partial charge on any atom is -0.484 e. The average Bonchev–Trinajstić information content (AvgIpc) is 3.19. The maximum atomic E-state index is 12.4. The van der Waals surface area contributed by atoms with E-state index < -0.39 is 11.8 Å². The van der Waals surface area contributed by atoms with E-state index in [1.54, 1.807) is 0 Å². The van der Waals surface area contributed by atoms with Crippen LogP contribution in [0.15, 0.2) is 54.6 Å². The van der Waals surface area contributed by atoms with Gasteiger partial charge in [0, 0.05) is 25.8 Å². The Morgan fingerprint density at radius 2 is 1.65 bits per heavy atom. The van der Waals surface area contributed by atoms with Crippen LogP contribution in [0.4, 0.5) is 0 Å². The lowest BCUT2D eigenvalue weighted by atomic mass is 9.87. The SMILES string of the molecule is CC1(C)Oc2ccc(C(CC(=O)O)c3ccc4ccc(OCC(=O)NC5CCCCC5)cc4c3)cc2O1. The van der Waals surface area contributed by atoms with E-state index in [1.807, 2.05) is 68.4 Å². The van der Waals surface area contributed by atoms with Crippen LogP contribution in [0.3, 0.4) is 0 Å². The zero-order valence-corrected chi connectivity index (χ0v) is 21.3. The lowest BCUT2D eigenvalue weighted by Gasteiger charge is -2.22. The predicted octanol–water partition coefficient (Wildman–Crippen LogP) is 5.78. The highest BCUT2D eigenvalue weighted by Gasteiger charge is 2.32. The largest absolute Gasteiger partial charge is 0.484 e. The molecule has 3 aromatic rings. The number of aliphatic carboxylic acids is 1. The number of fused-ring (bicyclic) bond motifs is 2. The number of carbonyl (C=O) groups is 2. The molecule has 1 aliphatic carbocycles. The van der Waals surface area contributed by atoms with Crippen molar-refractivity contribution in [1.82, 2.24) is 5.32 Å². The number of hydrogen-bond acceptors (Lipinski definition) is 5. The molecule has 1 heterocycles. The molecule has 0 radical (unpaired) electrons. The summed E-state index contributed by atoms with van der Waals surface area (Å²) in [5.74, 6) is -0.251. The van der Waals surface area contributed by atoms with E-state index in [4.69, 9.17) is 14.2 Å². The summed E-state index contributed by atoms with van der Waals surface area (Å²) in [5.41, 5.74) is 1.72. The van der Waals surface area contributed by atoms with E-state index in [2.05, 4.69) is 5.32 Å². The summed E-state index contributed by atoms with van der Waals surface area (Å²) in [7, 11) is 0. The van der Waals surface area contributed by atoms with Gasteiger partial charge in [-0.05, 0) is 59.0 Å². The number of carboxylic acid groups (broad SMARTS) is 1. The Morgan fingerprint density at radius 3 is 2.43 bits per heavy atom. The van der Waals surface area contributed by atoms with Crippen LogP contribution in [0.5, 0.6) is 17.2 Å². The highest BCUT2D eigenvalue weighted by Crippen LogP contribution is 2.42. The summed E-state index contributed by atoms with van der Waals surface area (Å²) in [6.45, 7) is 3.64. The van der Waals surface area contributed by atoms with Gasteiger partial charge in [-0.15, -0.1) is 0 Å². The monoisotopic (exact) mass is 503 g/mol. The Hall–Kier alpha value is -3.74. The van der Waals surface area contributed by atoms with Crippen molar-refractivity contribution in [2.24, 2.45) is 0 Å². The number of rotatable bonds is 8. The molecule has 194 valence electrons. The maximum Gasteiger partial charge on any atom is 0.304 e. The van der Waals surface area contributed by atoms with Crippen molar-refractivity contribution >= 4 is 22.6 Å². The van der Waals surface area contributed by atoms with Crippen molar-refractivity contribution in [3.8, 4) is 17.2 Å². The van der Waals surface area contributed by atoms with E-state index in [1.165, 1.54) is 6.42 Å². The third-order valence-electron chi connectivity index (χ3n) is 7.04. The van der Waals surface area contributed by atoms with Crippen LogP contribution in [0, 0.1) is 0 Å². The second-order valence-corrected chi connectivity index (χ2v) is 10.4. The van der Waals surface area contributed by atoms with Gasteiger partial charge in [-0.2, -0.15) is 0 Å². The first kappa shape index (κ1) is 24.9. The Morgan fingerprint density at radius 1 is 0.946 bits per heavy atom. The second kappa shape index (κ2) is 10.3. The summed E-state index contributed by atoms with van der Waals surface area (Å²) in [5, 5.41) is 14.7. The van der Waals surface area contributed by atoms with E-state index >= 15 is 0 Å². The quantitative estimate of drug-likeness (QED) is 0.405. The normalized spacial score (nSPS) is 17.4. The van der Waals surface area contributed by atoms with Crippen molar-refractivity contribution in [1.29, 1.82) is 0 Å². The zero-order valence-electron chi connectivity index (χ0n) is 21.3. The first-order valence-electron chi connectivity index (χ1n) is 13.0. The molecule has 1 amide bonds. The molecule has 37 heavy (non-hydrogen) atoms. The third kappa shape index (κ3) is 5.98. The molecule has 1 saturated carbocycles. The second-order valence-electron chi connectivity index (χ2n) is 10.4. The van der Waals surface area contributed by atoms with Gasteiger partial charge < -0.3 is 24.6 Å². The Labute approximate surface area is 216 Å². The molecule has 0 spiro atoms. The standard InChI is InChI=1S/C30H33NO6/c1-30(2)36-26-13-11-21(16-27(26)37-30)25(17-29(33)34)20-9-8-19-10-12-24(15-22(19)14-20)35-18-28(32)31-23-6-4-3-5-7-23/h8-16,23,25H,3-7,17-18H2,1-2H3,(H,31,32)(H,33,34).